The lowest BCUT2D eigenvalue weighted by atomic mass is 10.1. The van der Waals surface area contributed by atoms with Crippen molar-refractivity contribution in [3.05, 3.63) is 55.2 Å². The summed E-state index contributed by atoms with van der Waals surface area (Å²) in [7, 11) is 1.46. The van der Waals surface area contributed by atoms with Gasteiger partial charge < -0.3 is 9.47 Å². The van der Waals surface area contributed by atoms with Gasteiger partial charge in [-0.25, -0.2) is 4.98 Å². The molecule has 0 aliphatic carbocycles. The Labute approximate surface area is 166 Å². The molecule has 0 saturated carbocycles. The van der Waals surface area contributed by atoms with Crippen LogP contribution in [-0.4, -0.2) is 24.4 Å². The second-order valence-electron chi connectivity index (χ2n) is 5.11. The lowest BCUT2D eigenvalue weighted by Gasteiger charge is -2.21. The van der Waals surface area contributed by atoms with Gasteiger partial charge in [0.15, 0.2) is 6.10 Å². The monoisotopic (exact) mass is 505 g/mol. The summed E-state index contributed by atoms with van der Waals surface area (Å²) in [5.41, 5.74) is 0.934. The molecule has 3 nitrogen and oxygen atoms in total. The van der Waals surface area contributed by atoms with Crippen LogP contribution in [0.2, 0.25) is 10.0 Å². The van der Waals surface area contributed by atoms with Gasteiger partial charge in [0, 0.05) is 27.8 Å². The number of benzene rings is 1. The Bertz CT molecular complexity index is 744. The largest absolute Gasteiger partial charge is 0.481 e. The zero-order valence-corrected chi connectivity index (χ0v) is 16.6. The van der Waals surface area contributed by atoms with Crippen molar-refractivity contribution in [1.29, 1.82) is 0 Å². The molecule has 0 saturated heterocycles. The summed E-state index contributed by atoms with van der Waals surface area (Å²) in [5.74, 6) is 0.385. The number of ether oxygens (including phenoxy) is 2. The van der Waals surface area contributed by atoms with Crippen molar-refractivity contribution in [2.75, 3.05) is 7.11 Å². The van der Waals surface area contributed by atoms with E-state index in [1.165, 1.54) is 31.5 Å². The van der Waals surface area contributed by atoms with Crippen LogP contribution in [-0.2, 0) is 17.8 Å². The molecule has 0 amide bonds. The number of hydrogen-bond acceptors (Lipinski definition) is 3. The summed E-state index contributed by atoms with van der Waals surface area (Å²) in [6, 6.07) is 5.99. The third kappa shape index (κ3) is 5.87. The van der Waals surface area contributed by atoms with Gasteiger partial charge in [0.2, 0.25) is 5.88 Å². The molecule has 9 heteroatoms. The topological polar surface area (TPSA) is 31.4 Å². The normalized spacial score (nSPS) is 12.9. The molecular weight excluding hydrogens is 493 g/mol. The highest BCUT2D eigenvalue weighted by Crippen LogP contribution is 2.30. The molecule has 0 unspecified atom stereocenters. The van der Waals surface area contributed by atoms with E-state index in [1.54, 1.807) is 6.07 Å². The molecule has 0 fully saturated rings. The van der Waals surface area contributed by atoms with E-state index < -0.39 is 12.3 Å². The van der Waals surface area contributed by atoms with Gasteiger partial charge in [0.1, 0.15) is 0 Å². The van der Waals surface area contributed by atoms with Crippen LogP contribution in [0.15, 0.2) is 30.5 Å². The van der Waals surface area contributed by atoms with Crippen LogP contribution in [0.3, 0.4) is 0 Å². The fraction of sp³-hybridized carbons (Fsp3) is 0.312. The number of nitrogens with zero attached hydrogens (tertiary/aromatic N) is 1. The Morgan fingerprint density at radius 2 is 1.92 bits per heavy atom. The van der Waals surface area contributed by atoms with Crippen molar-refractivity contribution < 1.29 is 22.6 Å². The Morgan fingerprint density at radius 3 is 2.48 bits per heavy atom. The molecule has 1 heterocycles. The number of pyridine rings is 1. The molecule has 0 spiro atoms. The van der Waals surface area contributed by atoms with Crippen molar-refractivity contribution in [3.8, 4) is 5.88 Å². The van der Waals surface area contributed by atoms with Crippen LogP contribution in [0, 0.1) is 3.57 Å². The summed E-state index contributed by atoms with van der Waals surface area (Å²) >= 11 is 13.6. The van der Waals surface area contributed by atoms with E-state index in [9.17, 15) is 13.2 Å². The summed E-state index contributed by atoms with van der Waals surface area (Å²) in [4.78, 5) is 3.98. The van der Waals surface area contributed by atoms with E-state index in [4.69, 9.17) is 32.7 Å². The summed E-state index contributed by atoms with van der Waals surface area (Å²) in [6.07, 6.45) is -5.41. The van der Waals surface area contributed by atoms with Gasteiger partial charge >= 0.3 is 6.18 Å². The average Bonchev–Trinajstić information content (AvgIpc) is 2.54. The number of halogens is 6. The van der Waals surface area contributed by atoms with Crippen LogP contribution < -0.4 is 4.74 Å². The first-order valence-corrected chi connectivity index (χ1v) is 8.85. The van der Waals surface area contributed by atoms with Gasteiger partial charge in [-0.2, -0.15) is 13.2 Å². The maximum atomic E-state index is 13.3. The zero-order valence-electron chi connectivity index (χ0n) is 12.9. The minimum Gasteiger partial charge on any atom is -0.481 e. The minimum absolute atomic E-state index is 0.203. The fourth-order valence-electron chi connectivity index (χ4n) is 2.00. The fourth-order valence-corrected chi connectivity index (χ4v) is 2.88. The molecule has 2 aromatic rings. The van der Waals surface area contributed by atoms with Crippen molar-refractivity contribution in [1.82, 2.24) is 4.98 Å². The van der Waals surface area contributed by atoms with Crippen molar-refractivity contribution >= 4 is 45.8 Å². The van der Waals surface area contributed by atoms with E-state index in [0.29, 0.717) is 20.6 Å². The molecule has 1 atom stereocenters. The average molecular weight is 506 g/mol. The second-order valence-corrected chi connectivity index (χ2v) is 7.09. The molecule has 136 valence electrons. The van der Waals surface area contributed by atoms with Gasteiger partial charge in [0.25, 0.3) is 0 Å². The van der Waals surface area contributed by atoms with Crippen molar-refractivity contribution in [2.24, 2.45) is 0 Å². The Balaban J connectivity index is 2.12. The zero-order chi connectivity index (χ0) is 18.6. The molecule has 0 N–H and O–H groups in total. The van der Waals surface area contributed by atoms with E-state index >= 15 is 0 Å². The molecule has 25 heavy (non-hydrogen) atoms. The number of methoxy groups -OCH3 is 1. The minimum atomic E-state index is -4.52. The van der Waals surface area contributed by atoms with Gasteiger partial charge in [-0.05, 0) is 40.3 Å². The number of hydrogen-bond donors (Lipinski definition) is 0. The van der Waals surface area contributed by atoms with Crippen LogP contribution in [0.5, 0.6) is 5.88 Å². The lowest BCUT2D eigenvalue weighted by Crippen LogP contribution is -2.33. The summed E-state index contributed by atoms with van der Waals surface area (Å²) in [5, 5.41) is 0.489. The number of alkyl halides is 3. The van der Waals surface area contributed by atoms with E-state index in [2.05, 4.69) is 4.98 Å². The second kappa shape index (κ2) is 8.75. The molecule has 1 aromatic carbocycles. The summed E-state index contributed by atoms with van der Waals surface area (Å²) < 4.78 is 50.7. The lowest BCUT2D eigenvalue weighted by molar-refractivity contribution is -0.223. The quantitative estimate of drug-likeness (QED) is 0.472. The molecule has 0 aliphatic rings. The van der Waals surface area contributed by atoms with Gasteiger partial charge in [-0.3, -0.25) is 0 Å². The van der Waals surface area contributed by atoms with Crippen LogP contribution >= 0.6 is 45.8 Å². The molecule has 0 radical (unpaired) electrons. The van der Waals surface area contributed by atoms with Gasteiger partial charge in [-0.1, -0.05) is 29.3 Å². The highest BCUT2D eigenvalue weighted by atomic mass is 127. The standard InChI is InChI=1S/C16H13Cl2F3INO2/c1-24-15-6-13(22)10(7-23-15)8-25-14(16(19,20)21)5-9-2-3-11(17)12(18)4-9/h2-4,6-7,14H,5,8H2,1H3/t14-/m0/s1. The predicted molar refractivity (Wildman–Crippen MR) is 98.3 cm³/mol. The van der Waals surface area contributed by atoms with Crippen molar-refractivity contribution in [3.63, 3.8) is 0 Å². The third-order valence-electron chi connectivity index (χ3n) is 3.32. The highest BCUT2D eigenvalue weighted by Gasteiger charge is 2.40. The molecule has 1 aromatic heterocycles. The third-order valence-corrected chi connectivity index (χ3v) is 5.07. The van der Waals surface area contributed by atoms with Gasteiger partial charge in [-0.15, -0.1) is 0 Å². The highest BCUT2D eigenvalue weighted by molar-refractivity contribution is 14.1. The molecule has 0 aliphatic heterocycles. The van der Waals surface area contributed by atoms with E-state index in [0.717, 1.165) is 0 Å². The number of aromatic nitrogens is 1. The SMILES string of the molecule is COc1cc(I)c(CO[C@@H](Cc2ccc(Cl)c(Cl)c2)C(F)(F)F)cn1. The predicted octanol–water partition coefficient (Wildman–Crippen LogP) is 5.69. The van der Waals surface area contributed by atoms with E-state index in [-0.39, 0.29) is 23.1 Å². The first kappa shape index (κ1) is 20.5. The Hall–Kier alpha value is -0.770. The molecular formula is C16H13Cl2F3INO2. The molecule has 0 bridgehead atoms. The number of rotatable bonds is 6. The van der Waals surface area contributed by atoms with Crippen LogP contribution in [0.4, 0.5) is 13.2 Å². The van der Waals surface area contributed by atoms with Crippen LogP contribution in [0.1, 0.15) is 11.1 Å². The Kier molecular flexibility index (Phi) is 7.19. The van der Waals surface area contributed by atoms with Gasteiger partial charge in [0.05, 0.1) is 23.8 Å². The summed E-state index contributed by atoms with van der Waals surface area (Å²) in [6.45, 7) is -0.221. The Morgan fingerprint density at radius 1 is 1.20 bits per heavy atom. The maximum absolute atomic E-state index is 13.3. The maximum Gasteiger partial charge on any atom is 0.414 e. The van der Waals surface area contributed by atoms with Crippen LogP contribution in [0.25, 0.3) is 0 Å². The molecule has 2 rings (SSSR count). The smallest absolute Gasteiger partial charge is 0.414 e. The van der Waals surface area contributed by atoms with E-state index in [1.807, 2.05) is 22.6 Å². The van der Waals surface area contributed by atoms with Crippen molar-refractivity contribution in [2.45, 2.75) is 25.3 Å². The first-order chi connectivity index (χ1) is 11.7. The first-order valence-electron chi connectivity index (χ1n) is 7.01.